The third kappa shape index (κ3) is 5.56. The van der Waals surface area contributed by atoms with Crippen LogP contribution in [0.25, 0.3) is 0 Å². The van der Waals surface area contributed by atoms with Gasteiger partial charge in [-0.1, -0.05) is 18.7 Å². The summed E-state index contributed by atoms with van der Waals surface area (Å²) in [5.74, 6) is 0.416. The van der Waals surface area contributed by atoms with Crippen molar-refractivity contribution in [3.63, 3.8) is 0 Å². The molecule has 0 saturated heterocycles. The van der Waals surface area contributed by atoms with Gasteiger partial charge in [0.15, 0.2) is 5.16 Å². The van der Waals surface area contributed by atoms with Crippen LogP contribution in [-0.2, 0) is 36.0 Å². The number of nitrogens with one attached hydrogen (secondary N) is 1. The van der Waals surface area contributed by atoms with Gasteiger partial charge >= 0.3 is 5.97 Å². The summed E-state index contributed by atoms with van der Waals surface area (Å²) in [5, 5.41) is 12.7. The van der Waals surface area contributed by atoms with Crippen molar-refractivity contribution in [3.05, 3.63) is 46.4 Å². The fourth-order valence-corrected chi connectivity index (χ4v) is 4.90. The molecule has 3 rings (SSSR count). The van der Waals surface area contributed by atoms with Gasteiger partial charge in [-0.15, -0.1) is 21.5 Å². The summed E-state index contributed by atoms with van der Waals surface area (Å²) in [6.07, 6.45) is 3.46. The molecule has 0 saturated carbocycles. The van der Waals surface area contributed by atoms with Gasteiger partial charge in [0.05, 0.1) is 17.9 Å². The quantitative estimate of drug-likeness (QED) is 0.365. The number of hydrogen-bond acceptors (Lipinski definition) is 7. The number of thioether (sulfide) groups is 1. The van der Waals surface area contributed by atoms with Gasteiger partial charge in [-0.2, -0.15) is 0 Å². The number of rotatable bonds is 10. The topological polar surface area (TPSA) is 91.0 Å². The largest absolute Gasteiger partial charge is 0.462 e. The minimum absolute atomic E-state index is 0.171. The van der Waals surface area contributed by atoms with E-state index in [9.17, 15) is 9.59 Å². The highest BCUT2D eigenvalue weighted by Gasteiger charge is 2.20. The van der Waals surface area contributed by atoms with Crippen molar-refractivity contribution in [1.82, 2.24) is 19.3 Å². The van der Waals surface area contributed by atoms with E-state index in [1.165, 1.54) is 23.1 Å². The molecule has 0 atom stereocenters. The third-order valence-electron chi connectivity index (χ3n) is 4.71. The Kier molecular flexibility index (Phi) is 7.91. The van der Waals surface area contributed by atoms with E-state index in [0.29, 0.717) is 28.7 Å². The van der Waals surface area contributed by atoms with Crippen LogP contribution in [0.1, 0.15) is 47.5 Å². The van der Waals surface area contributed by atoms with Gasteiger partial charge in [0.1, 0.15) is 10.8 Å². The first-order chi connectivity index (χ1) is 15.0. The van der Waals surface area contributed by atoms with Crippen LogP contribution in [-0.4, -0.2) is 43.6 Å². The lowest BCUT2D eigenvalue weighted by molar-refractivity contribution is -0.113. The minimum Gasteiger partial charge on any atom is -0.462 e. The number of ether oxygens (including phenoxy) is 1. The molecule has 0 aliphatic rings. The van der Waals surface area contributed by atoms with Crippen molar-refractivity contribution >= 4 is 40.0 Å². The van der Waals surface area contributed by atoms with Crippen LogP contribution in [0, 0.1) is 0 Å². The van der Waals surface area contributed by atoms with E-state index in [2.05, 4.69) is 26.1 Å². The Morgan fingerprint density at radius 3 is 2.71 bits per heavy atom. The monoisotopic (exact) mass is 461 g/mol. The first-order valence-corrected chi connectivity index (χ1v) is 12.0. The number of aromatic nitrogens is 4. The molecule has 0 bridgehead atoms. The van der Waals surface area contributed by atoms with Crippen LogP contribution in [0.15, 0.2) is 29.6 Å². The first kappa shape index (κ1) is 23.1. The Morgan fingerprint density at radius 1 is 1.26 bits per heavy atom. The second kappa shape index (κ2) is 10.6. The van der Waals surface area contributed by atoms with Gasteiger partial charge in [0, 0.05) is 36.8 Å². The average Bonchev–Trinajstić information content (AvgIpc) is 3.45. The Balaban J connectivity index is 1.66. The molecule has 10 heteroatoms. The minimum atomic E-state index is -0.419. The highest BCUT2D eigenvalue weighted by atomic mass is 32.2. The van der Waals surface area contributed by atoms with Gasteiger partial charge in [-0.05, 0) is 38.5 Å². The van der Waals surface area contributed by atoms with Gasteiger partial charge in [0.2, 0.25) is 5.91 Å². The molecule has 0 aromatic carbocycles. The Hall–Kier alpha value is -2.59. The molecule has 8 nitrogen and oxygen atoms in total. The van der Waals surface area contributed by atoms with Crippen LogP contribution in [0.3, 0.4) is 0 Å². The number of aryl methyl sites for hydroxylation is 2. The fourth-order valence-electron chi connectivity index (χ4n) is 3.08. The van der Waals surface area contributed by atoms with Crippen molar-refractivity contribution in [2.45, 2.75) is 45.3 Å². The second-order valence-corrected chi connectivity index (χ2v) is 8.88. The van der Waals surface area contributed by atoms with E-state index in [4.69, 9.17) is 4.74 Å². The normalized spacial score (nSPS) is 11.0. The van der Waals surface area contributed by atoms with E-state index in [1.54, 1.807) is 13.0 Å². The molecule has 0 unspecified atom stereocenters. The molecule has 3 aromatic heterocycles. The molecule has 0 aliphatic heterocycles. The van der Waals surface area contributed by atoms with Crippen LogP contribution in [0.5, 0.6) is 0 Å². The summed E-state index contributed by atoms with van der Waals surface area (Å²) in [7, 11) is 2.00. The number of carbonyl (C=O) groups excluding carboxylic acids is 2. The summed E-state index contributed by atoms with van der Waals surface area (Å²) in [5.41, 5.74) is 1.55. The lowest BCUT2D eigenvalue weighted by Gasteiger charge is -2.08. The first-order valence-electron chi connectivity index (χ1n) is 10.2. The molecule has 0 radical (unpaired) electrons. The molecule has 0 fully saturated rings. The van der Waals surface area contributed by atoms with Gasteiger partial charge in [-0.25, -0.2) is 4.79 Å². The fraction of sp³-hybridized carbons (Fsp3) is 0.429. The van der Waals surface area contributed by atoms with E-state index in [-0.39, 0.29) is 18.3 Å². The summed E-state index contributed by atoms with van der Waals surface area (Å²) in [6.45, 7) is 6.81. The SMILES string of the molecule is CCOC(=O)c1cc(CC)sc1NC(=O)CSc1nnc(Cc2cccn2C)n1CC. The lowest BCUT2D eigenvalue weighted by Crippen LogP contribution is -2.16. The van der Waals surface area contributed by atoms with Crippen LogP contribution in [0.2, 0.25) is 0 Å². The number of carbonyl (C=O) groups is 2. The zero-order valence-corrected chi connectivity index (χ0v) is 19.8. The third-order valence-corrected chi connectivity index (χ3v) is 6.87. The van der Waals surface area contributed by atoms with E-state index < -0.39 is 5.97 Å². The van der Waals surface area contributed by atoms with Crippen molar-refractivity contribution in [2.24, 2.45) is 7.05 Å². The number of hydrogen-bond donors (Lipinski definition) is 1. The standard InChI is InChI=1S/C21H27N5O3S2/c1-5-15-12-16(20(28)29-7-3)19(31-15)22-18(27)13-30-21-24-23-17(26(21)6-2)11-14-9-8-10-25(14)4/h8-10,12H,5-7,11,13H2,1-4H3,(H,22,27). The van der Waals surface area contributed by atoms with Crippen molar-refractivity contribution in [1.29, 1.82) is 0 Å². The summed E-state index contributed by atoms with van der Waals surface area (Å²) >= 11 is 2.73. The number of anilines is 1. The molecule has 0 spiro atoms. The number of thiophene rings is 1. The zero-order chi connectivity index (χ0) is 22.4. The van der Waals surface area contributed by atoms with Gasteiger partial charge < -0.3 is 19.2 Å². The van der Waals surface area contributed by atoms with E-state index in [0.717, 1.165) is 22.8 Å². The Morgan fingerprint density at radius 2 is 2.06 bits per heavy atom. The van der Waals surface area contributed by atoms with Crippen LogP contribution < -0.4 is 5.32 Å². The lowest BCUT2D eigenvalue weighted by atomic mass is 10.2. The molecule has 31 heavy (non-hydrogen) atoms. The van der Waals surface area contributed by atoms with E-state index >= 15 is 0 Å². The van der Waals surface area contributed by atoms with Gasteiger partial charge in [-0.3, -0.25) is 4.79 Å². The maximum atomic E-state index is 12.6. The van der Waals surface area contributed by atoms with E-state index in [1.807, 2.05) is 37.7 Å². The molecular weight excluding hydrogens is 434 g/mol. The maximum absolute atomic E-state index is 12.6. The van der Waals surface area contributed by atoms with Crippen molar-refractivity contribution in [3.8, 4) is 0 Å². The highest BCUT2D eigenvalue weighted by molar-refractivity contribution is 7.99. The van der Waals surface area contributed by atoms with Crippen LogP contribution in [0.4, 0.5) is 5.00 Å². The van der Waals surface area contributed by atoms with Crippen LogP contribution >= 0.6 is 23.1 Å². The number of amides is 1. The molecular formula is C21H27N5O3S2. The molecule has 1 amide bonds. The Labute approximate surface area is 190 Å². The summed E-state index contributed by atoms with van der Waals surface area (Å²) in [6, 6.07) is 5.84. The number of esters is 1. The number of nitrogens with zero attached hydrogens (tertiary/aromatic N) is 4. The average molecular weight is 462 g/mol. The van der Waals surface area contributed by atoms with Gasteiger partial charge in [0.25, 0.3) is 0 Å². The van der Waals surface area contributed by atoms with Crippen molar-refractivity contribution < 1.29 is 14.3 Å². The summed E-state index contributed by atoms with van der Waals surface area (Å²) in [4.78, 5) is 25.8. The molecule has 1 N–H and O–H groups in total. The second-order valence-electron chi connectivity index (χ2n) is 6.80. The predicted octanol–water partition coefficient (Wildman–Crippen LogP) is 3.76. The Bertz CT molecular complexity index is 1050. The highest BCUT2D eigenvalue weighted by Crippen LogP contribution is 2.30. The smallest absolute Gasteiger partial charge is 0.341 e. The summed E-state index contributed by atoms with van der Waals surface area (Å²) < 4.78 is 9.19. The molecule has 166 valence electrons. The van der Waals surface area contributed by atoms with Crippen molar-refractivity contribution in [2.75, 3.05) is 17.7 Å². The predicted molar refractivity (Wildman–Crippen MR) is 123 cm³/mol. The zero-order valence-electron chi connectivity index (χ0n) is 18.2. The molecule has 3 heterocycles. The molecule has 3 aromatic rings. The maximum Gasteiger partial charge on any atom is 0.341 e. The molecule has 0 aliphatic carbocycles.